The zero-order valence-electron chi connectivity index (χ0n) is 9.75. The maximum Gasteiger partial charge on any atom is 0.131 e. The van der Waals surface area contributed by atoms with Crippen molar-refractivity contribution in [2.75, 3.05) is 13.1 Å². The first-order valence-corrected chi connectivity index (χ1v) is 5.83. The number of likely N-dealkylation sites (tertiary alicyclic amines) is 1. The molecular weight excluding hydrogens is 174 g/mol. The van der Waals surface area contributed by atoms with Crippen LogP contribution >= 0.6 is 0 Å². The van der Waals surface area contributed by atoms with Gasteiger partial charge >= 0.3 is 0 Å². The van der Waals surface area contributed by atoms with E-state index in [1.165, 1.54) is 32.4 Å². The number of hydrogen-bond acceptors (Lipinski definition) is 2. The van der Waals surface area contributed by atoms with Crippen LogP contribution in [0.4, 0.5) is 0 Å². The van der Waals surface area contributed by atoms with Gasteiger partial charge < -0.3 is 0 Å². The molecule has 14 heavy (non-hydrogen) atoms. The number of rotatable bonds is 5. The van der Waals surface area contributed by atoms with E-state index in [0.29, 0.717) is 11.8 Å². The molecule has 1 saturated heterocycles. The standard InChI is InChI=1S/C12H23NO/c1-10(2)6-8-13-7-4-5-12(13)9-11(3)14/h10,12H,4-9H2,1-3H3. The second kappa shape index (κ2) is 5.50. The minimum atomic E-state index is 0.339. The Morgan fingerprint density at radius 1 is 1.50 bits per heavy atom. The molecule has 0 aromatic heterocycles. The average molecular weight is 197 g/mol. The summed E-state index contributed by atoms with van der Waals surface area (Å²) in [7, 11) is 0. The first kappa shape index (κ1) is 11.7. The van der Waals surface area contributed by atoms with Crippen LogP contribution in [0.1, 0.15) is 46.5 Å². The Morgan fingerprint density at radius 3 is 2.79 bits per heavy atom. The molecule has 0 N–H and O–H groups in total. The van der Waals surface area contributed by atoms with Gasteiger partial charge in [-0.2, -0.15) is 0 Å². The van der Waals surface area contributed by atoms with Gasteiger partial charge in [0.25, 0.3) is 0 Å². The van der Waals surface area contributed by atoms with Crippen LogP contribution in [0.2, 0.25) is 0 Å². The molecule has 1 heterocycles. The van der Waals surface area contributed by atoms with Crippen molar-refractivity contribution in [2.24, 2.45) is 5.92 Å². The fourth-order valence-electron chi connectivity index (χ4n) is 2.18. The van der Waals surface area contributed by atoms with Crippen LogP contribution in [0.15, 0.2) is 0 Å². The molecule has 1 fully saturated rings. The minimum absolute atomic E-state index is 0.339. The van der Waals surface area contributed by atoms with Crippen molar-refractivity contribution in [3.8, 4) is 0 Å². The first-order chi connectivity index (χ1) is 6.59. The Labute approximate surface area is 87.7 Å². The summed E-state index contributed by atoms with van der Waals surface area (Å²) >= 11 is 0. The van der Waals surface area contributed by atoms with E-state index in [1.807, 2.05) is 0 Å². The molecule has 82 valence electrons. The number of carbonyl (C=O) groups is 1. The van der Waals surface area contributed by atoms with Crippen LogP contribution in [0.3, 0.4) is 0 Å². The first-order valence-electron chi connectivity index (χ1n) is 5.83. The lowest BCUT2D eigenvalue weighted by Gasteiger charge is -2.24. The third-order valence-corrected chi connectivity index (χ3v) is 3.02. The molecule has 2 nitrogen and oxygen atoms in total. The molecule has 2 heteroatoms. The Hall–Kier alpha value is -0.370. The molecular formula is C12H23NO. The van der Waals surface area contributed by atoms with Gasteiger partial charge in [0.05, 0.1) is 0 Å². The van der Waals surface area contributed by atoms with Crippen LogP contribution in [0, 0.1) is 5.92 Å². The van der Waals surface area contributed by atoms with Crippen molar-refractivity contribution >= 4 is 5.78 Å². The highest BCUT2D eigenvalue weighted by molar-refractivity contribution is 5.76. The number of ketones is 1. The van der Waals surface area contributed by atoms with Crippen LogP contribution < -0.4 is 0 Å². The fraction of sp³-hybridized carbons (Fsp3) is 0.917. The van der Waals surface area contributed by atoms with Gasteiger partial charge in [0.15, 0.2) is 0 Å². The minimum Gasteiger partial charge on any atom is -0.300 e. The number of hydrogen-bond donors (Lipinski definition) is 0. The molecule has 0 aromatic rings. The molecule has 0 aliphatic carbocycles. The molecule has 0 bridgehead atoms. The third-order valence-electron chi connectivity index (χ3n) is 3.02. The van der Waals surface area contributed by atoms with Crippen molar-refractivity contribution < 1.29 is 4.79 Å². The molecule has 1 aliphatic heterocycles. The molecule has 1 atom stereocenters. The lowest BCUT2D eigenvalue weighted by molar-refractivity contribution is -0.118. The van der Waals surface area contributed by atoms with Crippen LogP contribution in [0.5, 0.6) is 0 Å². The van der Waals surface area contributed by atoms with Crippen molar-refractivity contribution in [3.63, 3.8) is 0 Å². The zero-order valence-corrected chi connectivity index (χ0v) is 9.75. The Morgan fingerprint density at radius 2 is 2.21 bits per heavy atom. The Kier molecular flexibility index (Phi) is 4.59. The van der Waals surface area contributed by atoms with Crippen LogP contribution in [-0.4, -0.2) is 29.8 Å². The van der Waals surface area contributed by atoms with E-state index in [-0.39, 0.29) is 0 Å². The van der Waals surface area contributed by atoms with E-state index in [2.05, 4.69) is 18.7 Å². The van der Waals surface area contributed by atoms with Gasteiger partial charge in [-0.05, 0) is 45.2 Å². The maximum atomic E-state index is 11.1. The van der Waals surface area contributed by atoms with E-state index in [4.69, 9.17) is 0 Å². The van der Waals surface area contributed by atoms with Crippen molar-refractivity contribution in [1.29, 1.82) is 0 Å². The largest absolute Gasteiger partial charge is 0.300 e. The van der Waals surface area contributed by atoms with Gasteiger partial charge in [0.1, 0.15) is 5.78 Å². The Balaban J connectivity index is 2.31. The van der Waals surface area contributed by atoms with Crippen LogP contribution in [-0.2, 0) is 4.79 Å². The molecule has 1 rings (SSSR count). The summed E-state index contributed by atoms with van der Waals surface area (Å²) in [6.07, 6.45) is 4.51. The normalized spacial score (nSPS) is 23.3. The summed E-state index contributed by atoms with van der Waals surface area (Å²) in [5.74, 6) is 1.11. The quantitative estimate of drug-likeness (QED) is 0.675. The van der Waals surface area contributed by atoms with Crippen molar-refractivity contribution in [2.45, 2.75) is 52.5 Å². The van der Waals surface area contributed by atoms with Gasteiger partial charge in [-0.3, -0.25) is 9.69 Å². The zero-order chi connectivity index (χ0) is 10.6. The number of carbonyl (C=O) groups excluding carboxylic acids is 1. The predicted octanol–water partition coefficient (Wildman–Crippen LogP) is 2.48. The average Bonchev–Trinajstić information content (AvgIpc) is 2.47. The summed E-state index contributed by atoms with van der Waals surface area (Å²) in [4.78, 5) is 13.6. The smallest absolute Gasteiger partial charge is 0.131 e. The summed E-state index contributed by atoms with van der Waals surface area (Å²) < 4.78 is 0. The third kappa shape index (κ3) is 3.79. The van der Waals surface area contributed by atoms with E-state index in [9.17, 15) is 4.79 Å². The lowest BCUT2D eigenvalue weighted by Crippen LogP contribution is -2.32. The molecule has 0 spiro atoms. The van der Waals surface area contributed by atoms with Gasteiger partial charge in [0, 0.05) is 12.5 Å². The van der Waals surface area contributed by atoms with Gasteiger partial charge in [-0.1, -0.05) is 13.8 Å². The second-order valence-electron chi connectivity index (χ2n) is 4.92. The highest BCUT2D eigenvalue weighted by Crippen LogP contribution is 2.21. The monoisotopic (exact) mass is 197 g/mol. The molecule has 0 radical (unpaired) electrons. The summed E-state index contributed by atoms with van der Waals surface area (Å²) in [6, 6.07) is 0.547. The number of Topliss-reactive ketones (excluding diaryl/α,β-unsaturated/α-hetero) is 1. The highest BCUT2D eigenvalue weighted by Gasteiger charge is 2.24. The fourth-order valence-corrected chi connectivity index (χ4v) is 2.18. The summed E-state index contributed by atoms with van der Waals surface area (Å²) in [6.45, 7) is 8.60. The predicted molar refractivity (Wildman–Crippen MR) is 59.3 cm³/mol. The summed E-state index contributed by atoms with van der Waals surface area (Å²) in [5, 5.41) is 0. The van der Waals surface area contributed by atoms with Gasteiger partial charge in [0.2, 0.25) is 0 Å². The van der Waals surface area contributed by atoms with Crippen molar-refractivity contribution in [3.05, 3.63) is 0 Å². The highest BCUT2D eigenvalue weighted by atomic mass is 16.1. The van der Waals surface area contributed by atoms with E-state index >= 15 is 0 Å². The SMILES string of the molecule is CC(=O)CC1CCCN1CCC(C)C. The van der Waals surface area contributed by atoms with Gasteiger partial charge in [-0.25, -0.2) is 0 Å². The van der Waals surface area contributed by atoms with E-state index < -0.39 is 0 Å². The Bertz CT molecular complexity index is 189. The molecule has 0 saturated carbocycles. The van der Waals surface area contributed by atoms with Crippen molar-refractivity contribution in [1.82, 2.24) is 4.90 Å². The summed E-state index contributed by atoms with van der Waals surface area (Å²) in [5.41, 5.74) is 0. The number of nitrogens with zero attached hydrogens (tertiary/aromatic N) is 1. The maximum absolute atomic E-state index is 11.1. The van der Waals surface area contributed by atoms with E-state index in [1.54, 1.807) is 6.92 Å². The lowest BCUT2D eigenvalue weighted by atomic mass is 10.1. The van der Waals surface area contributed by atoms with E-state index in [0.717, 1.165) is 12.3 Å². The second-order valence-corrected chi connectivity index (χ2v) is 4.92. The molecule has 0 aromatic carbocycles. The van der Waals surface area contributed by atoms with Gasteiger partial charge in [-0.15, -0.1) is 0 Å². The van der Waals surface area contributed by atoms with Crippen LogP contribution in [0.25, 0.3) is 0 Å². The molecule has 1 unspecified atom stereocenters. The molecule has 1 aliphatic rings. The topological polar surface area (TPSA) is 20.3 Å². The molecule has 0 amide bonds.